The first-order chi connectivity index (χ1) is 15.1. The van der Waals surface area contributed by atoms with Crippen LogP contribution in [0.15, 0.2) is 60.7 Å². The van der Waals surface area contributed by atoms with Crippen LogP contribution in [-0.4, -0.2) is 29.8 Å². The summed E-state index contributed by atoms with van der Waals surface area (Å²) in [5, 5.41) is 1.11. The van der Waals surface area contributed by atoms with Crippen LogP contribution in [0.1, 0.15) is 47.5 Å². The highest BCUT2D eigenvalue weighted by Gasteiger charge is 2.18. The van der Waals surface area contributed by atoms with E-state index in [1.165, 1.54) is 6.08 Å². The Labute approximate surface area is 187 Å². The van der Waals surface area contributed by atoms with Gasteiger partial charge in [0.1, 0.15) is 0 Å². The van der Waals surface area contributed by atoms with E-state index < -0.39 is 0 Å². The van der Waals surface area contributed by atoms with E-state index in [4.69, 9.17) is 0 Å². The molecule has 0 spiro atoms. The number of carbonyl (C=O) groups is 2. The molecular formula is C25H29N3O2S. The van der Waals surface area contributed by atoms with Gasteiger partial charge in [-0.05, 0) is 47.6 Å². The van der Waals surface area contributed by atoms with E-state index >= 15 is 0 Å². The van der Waals surface area contributed by atoms with E-state index in [9.17, 15) is 9.59 Å². The van der Waals surface area contributed by atoms with Gasteiger partial charge in [-0.15, -0.1) is 11.3 Å². The van der Waals surface area contributed by atoms with Crippen LogP contribution >= 0.6 is 11.3 Å². The number of nitrogens with one attached hydrogen (secondary N) is 2. The molecule has 0 saturated carbocycles. The number of nitrogens with zero attached hydrogens (tertiary/aromatic N) is 1. The van der Waals surface area contributed by atoms with Crippen molar-refractivity contribution < 1.29 is 9.59 Å². The van der Waals surface area contributed by atoms with Crippen molar-refractivity contribution in [3.8, 4) is 0 Å². The molecule has 1 heterocycles. The van der Waals surface area contributed by atoms with Crippen molar-refractivity contribution >= 4 is 39.3 Å². The first-order valence-electron chi connectivity index (χ1n) is 10.7. The fourth-order valence-corrected chi connectivity index (χ4v) is 4.24. The molecule has 1 aromatic heterocycles. The summed E-state index contributed by atoms with van der Waals surface area (Å²) in [6, 6.07) is 18.0. The van der Waals surface area contributed by atoms with E-state index in [-0.39, 0.29) is 11.8 Å². The van der Waals surface area contributed by atoms with Crippen LogP contribution in [0.5, 0.6) is 0 Å². The maximum Gasteiger partial charge on any atom is 0.264 e. The Bertz CT molecular complexity index is 1010. The number of carbonyl (C=O) groups excluding carboxylic acids is 2. The minimum Gasteiger partial charge on any atom is -0.334 e. The lowest BCUT2D eigenvalue weighted by Gasteiger charge is -2.21. The van der Waals surface area contributed by atoms with Gasteiger partial charge in [-0.25, -0.2) is 5.43 Å². The Morgan fingerprint density at radius 2 is 1.81 bits per heavy atom. The summed E-state index contributed by atoms with van der Waals surface area (Å²) in [7, 11) is 0. The second-order valence-electron chi connectivity index (χ2n) is 7.37. The van der Waals surface area contributed by atoms with Gasteiger partial charge in [-0.1, -0.05) is 56.3 Å². The molecule has 3 aromatic rings. The zero-order valence-corrected chi connectivity index (χ0v) is 18.9. The van der Waals surface area contributed by atoms with Gasteiger partial charge in [-0.2, -0.15) is 0 Å². The van der Waals surface area contributed by atoms with Crippen molar-refractivity contribution in [3.63, 3.8) is 0 Å². The standard InChI is InChI=1S/C25H29N3O2S/c1-3-15-26-27-24(29)14-13-19-9-11-20(12-10-19)18-28(16-4-2)25(30)23-17-21-7-5-6-8-22(21)31-23/h5-14,17,26H,3-4,15-16,18H2,1-2H3,(H,27,29)/b14-13+. The Kier molecular flexibility index (Phi) is 8.38. The molecule has 3 rings (SSSR count). The first kappa shape index (κ1) is 22.7. The Morgan fingerprint density at radius 1 is 1.03 bits per heavy atom. The monoisotopic (exact) mass is 435 g/mol. The first-order valence-corrected chi connectivity index (χ1v) is 11.5. The SMILES string of the molecule is CCCNNC(=O)/C=C/c1ccc(CN(CCC)C(=O)c2cc3ccccc3s2)cc1. The van der Waals surface area contributed by atoms with Gasteiger partial charge in [-0.3, -0.25) is 15.0 Å². The summed E-state index contributed by atoms with van der Waals surface area (Å²) in [6.07, 6.45) is 5.13. The highest BCUT2D eigenvalue weighted by atomic mass is 32.1. The average Bonchev–Trinajstić information content (AvgIpc) is 3.22. The molecule has 2 N–H and O–H groups in total. The highest BCUT2D eigenvalue weighted by molar-refractivity contribution is 7.20. The lowest BCUT2D eigenvalue weighted by atomic mass is 10.1. The van der Waals surface area contributed by atoms with Gasteiger partial charge in [0.05, 0.1) is 4.88 Å². The van der Waals surface area contributed by atoms with Crippen LogP contribution in [0, 0.1) is 0 Å². The second-order valence-corrected chi connectivity index (χ2v) is 8.45. The quantitative estimate of drug-likeness (QED) is 0.268. The molecule has 162 valence electrons. The van der Waals surface area contributed by atoms with Crippen LogP contribution in [0.4, 0.5) is 0 Å². The number of rotatable bonds is 10. The summed E-state index contributed by atoms with van der Waals surface area (Å²) in [4.78, 5) is 27.6. The lowest BCUT2D eigenvalue weighted by Crippen LogP contribution is -2.36. The molecular weight excluding hydrogens is 406 g/mol. The minimum absolute atomic E-state index is 0.0725. The van der Waals surface area contributed by atoms with Gasteiger partial charge in [0.2, 0.25) is 0 Å². The van der Waals surface area contributed by atoms with Crippen LogP contribution in [0.2, 0.25) is 0 Å². The summed E-state index contributed by atoms with van der Waals surface area (Å²) < 4.78 is 1.13. The number of thiophene rings is 1. The maximum atomic E-state index is 13.1. The van der Waals surface area contributed by atoms with Crippen LogP contribution in [0.25, 0.3) is 16.2 Å². The summed E-state index contributed by atoms with van der Waals surface area (Å²) in [5.74, 6) is -0.108. The van der Waals surface area contributed by atoms with Crippen LogP contribution in [0.3, 0.4) is 0 Å². The van der Waals surface area contributed by atoms with Gasteiger partial charge in [0, 0.05) is 30.4 Å². The molecule has 0 bridgehead atoms. The third kappa shape index (κ3) is 6.51. The van der Waals surface area contributed by atoms with E-state index in [1.807, 2.05) is 66.4 Å². The van der Waals surface area contributed by atoms with E-state index in [1.54, 1.807) is 17.4 Å². The number of benzene rings is 2. The van der Waals surface area contributed by atoms with Gasteiger partial charge < -0.3 is 4.90 Å². The molecule has 0 aliphatic heterocycles. The Morgan fingerprint density at radius 3 is 2.52 bits per heavy atom. The molecule has 5 nitrogen and oxygen atoms in total. The van der Waals surface area contributed by atoms with Crippen molar-refractivity contribution in [2.45, 2.75) is 33.2 Å². The Hall–Kier alpha value is -2.96. The molecule has 0 atom stereocenters. The summed E-state index contributed by atoms with van der Waals surface area (Å²) in [5.41, 5.74) is 7.48. The molecule has 0 fully saturated rings. The third-order valence-electron chi connectivity index (χ3n) is 4.78. The van der Waals surface area contributed by atoms with E-state index in [2.05, 4.69) is 17.8 Å². The van der Waals surface area contributed by atoms with Crippen LogP contribution < -0.4 is 10.9 Å². The van der Waals surface area contributed by atoms with Gasteiger partial charge >= 0.3 is 0 Å². The number of fused-ring (bicyclic) bond motifs is 1. The van der Waals surface area contributed by atoms with Crippen molar-refractivity contribution in [3.05, 3.63) is 76.7 Å². The number of hydrogen-bond acceptors (Lipinski definition) is 4. The zero-order chi connectivity index (χ0) is 22.1. The fourth-order valence-electron chi connectivity index (χ4n) is 3.21. The number of amides is 2. The van der Waals surface area contributed by atoms with E-state index in [0.29, 0.717) is 13.1 Å². The molecule has 0 saturated heterocycles. The molecule has 0 aliphatic rings. The second kappa shape index (κ2) is 11.4. The Balaban J connectivity index is 1.64. The number of hydrogen-bond donors (Lipinski definition) is 2. The molecule has 2 aromatic carbocycles. The predicted molar refractivity (Wildman–Crippen MR) is 129 cm³/mol. The predicted octanol–water partition coefficient (Wildman–Crippen LogP) is 5.00. The van der Waals surface area contributed by atoms with Gasteiger partial charge in [0.25, 0.3) is 11.8 Å². The highest BCUT2D eigenvalue weighted by Crippen LogP contribution is 2.27. The molecule has 0 aliphatic carbocycles. The lowest BCUT2D eigenvalue weighted by molar-refractivity contribution is -0.117. The average molecular weight is 436 g/mol. The smallest absolute Gasteiger partial charge is 0.264 e. The van der Waals surface area contributed by atoms with Crippen molar-refractivity contribution in [1.82, 2.24) is 15.8 Å². The fraction of sp³-hybridized carbons (Fsp3) is 0.280. The molecule has 0 unspecified atom stereocenters. The van der Waals surface area contributed by atoms with Crippen LogP contribution in [-0.2, 0) is 11.3 Å². The third-order valence-corrected chi connectivity index (χ3v) is 5.89. The molecule has 0 radical (unpaired) electrons. The number of hydrazine groups is 1. The summed E-state index contributed by atoms with van der Waals surface area (Å²) in [6.45, 7) is 6.13. The molecule has 2 amide bonds. The normalized spacial score (nSPS) is 11.2. The maximum absolute atomic E-state index is 13.1. The topological polar surface area (TPSA) is 61.4 Å². The summed E-state index contributed by atoms with van der Waals surface area (Å²) >= 11 is 1.55. The zero-order valence-electron chi connectivity index (χ0n) is 18.1. The molecule has 6 heteroatoms. The van der Waals surface area contributed by atoms with Crippen molar-refractivity contribution in [2.24, 2.45) is 0 Å². The van der Waals surface area contributed by atoms with Gasteiger partial charge in [0.15, 0.2) is 0 Å². The largest absolute Gasteiger partial charge is 0.334 e. The minimum atomic E-state index is -0.180. The van der Waals surface area contributed by atoms with Crippen molar-refractivity contribution in [1.29, 1.82) is 0 Å². The van der Waals surface area contributed by atoms with Crippen molar-refractivity contribution in [2.75, 3.05) is 13.1 Å². The van der Waals surface area contributed by atoms with E-state index in [0.717, 1.165) is 45.5 Å². The molecule has 31 heavy (non-hydrogen) atoms.